The predicted molar refractivity (Wildman–Crippen MR) is 128 cm³/mol. The van der Waals surface area contributed by atoms with E-state index in [0.717, 1.165) is 74.5 Å². The summed E-state index contributed by atoms with van der Waals surface area (Å²) in [7, 11) is 0. The molecule has 1 heterocycles. The Morgan fingerprint density at radius 1 is 1.21 bits per heavy atom. The zero-order valence-corrected chi connectivity index (χ0v) is 19.7. The number of benzene rings is 1. The molecule has 4 nitrogen and oxygen atoms in total. The van der Waals surface area contributed by atoms with E-state index < -0.39 is 0 Å². The third-order valence-corrected chi connectivity index (χ3v) is 6.33. The third-order valence-electron chi connectivity index (χ3n) is 5.59. The van der Waals surface area contributed by atoms with Gasteiger partial charge in [-0.3, -0.25) is 4.90 Å². The van der Waals surface area contributed by atoms with Crippen LogP contribution in [0.4, 0.5) is 0 Å². The van der Waals surface area contributed by atoms with Crippen molar-refractivity contribution in [2.24, 2.45) is 0 Å². The molecule has 1 aromatic rings. The van der Waals surface area contributed by atoms with E-state index in [9.17, 15) is 0 Å². The van der Waals surface area contributed by atoms with Gasteiger partial charge in [0.15, 0.2) is 5.11 Å². The van der Waals surface area contributed by atoms with Crippen molar-refractivity contribution in [3.8, 4) is 0 Å². The summed E-state index contributed by atoms with van der Waals surface area (Å²) < 4.78 is 5.46. The number of halogens is 1. The molecule has 1 fully saturated rings. The number of ether oxygens (including phenoxy) is 1. The number of hydrogen-bond donors (Lipinski definition) is 1. The number of thiocarbonyl (C=S) groups is 1. The van der Waals surface area contributed by atoms with Gasteiger partial charge in [-0.15, -0.1) is 0 Å². The fourth-order valence-electron chi connectivity index (χ4n) is 3.68. The van der Waals surface area contributed by atoms with Crippen molar-refractivity contribution in [3.63, 3.8) is 0 Å². The minimum atomic E-state index is 0.446. The van der Waals surface area contributed by atoms with Gasteiger partial charge in [-0.05, 0) is 43.1 Å². The summed E-state index contributed by atoms with van der Waals surface area (Å²) in [6.07, 6.45) is 7.15. The van der Waals surface area contributed by atoms with Crippen molar-refractivity contribution in [3.05, 3.63) is 34.9 Å². The van der Waals surface area contributed by atoms with Crippen molar-refractivity contribution in [2.45, 2.75) is 65.0 Å². The second-order valence-corrected chi connectivity index (χ2v) is 8.66. The van der Waals surface area contributed by atoms with Gasteiger partial charge in [-0.1, -0.05) is 62.9 Å². The molecule has 0 spiro atoms. The van der Waals surface area contributed by atoms with Gasteiger partial charge in [0.2, 0.25) is 0 Å². The Bertz CT molecular complexity index is 595. The molecule has 0 saturated carbocycles. The monoisotopic (exact) mass is 439 g/mol. The van der Waals surface area contributed by atoms with Gasteiger partial charge in [0.25, 0.3) is 0 Å². The maximum absolute atomic E-state index is 6.43. The molecule has 1 N–H and O–H groups in total. The molecule has 1 unspecified atom stereocenters. The van der Waals surface area contributed by atoms with E-state index in [1.54, 1.807) is 0 Å². The highest BCUT2D eigenvalue weighted by Gasteiger charge is 2.17. The second kappa shape index (κ2) is 14.2. The van der Waals surface area contributed by atoms with Gasteiger partial charge in [-0.2, -0.15) is 0 Å². The van der Waals surface area contributed by atoms with Gasteiger partial charge in [-0.25, -0.2) is 0 Å². The van der Waals surface area contributed by atoms with E-state index in [1.165, 1.54) is 25.7 Å². The summed E-state index contributed by atoms with van der Waals surface area (Å²) in [5.41, 5.74) is 1.13. The van der Waals surface area contributed by atoms with Gasteiger partial charge in [0.1, 0.15) is 0 Å². The average molecular weight is 440 g/mol. The molecular weight excluding hydrogens is 402 g/mol. The van der Waals surface area contributed by atoms with Crippen molar-refractivity contribution in [1.82, 2.24) is 15.1 Å². The van der Waals surface area contributed by atoms with Gasteiger partial charge in [0, 0.05) is 43.8 Å². The van der Waals surface area contributed by atoms with E-state index in [1.807, 2.05) is 18.2 Å². The molecule has 164 valence electrons. The van der Waals surface area contributed by atoms with Crippen molar-refractivity contribution >= 4 is 28.9 Å². The highest BCUT2D eigenvalue weighted by molar-refractivity contribution is 7.80. The Hall–Kier alpha value is -0.880. The summed E-state index contributed by atoms with van der Waals surface area (Å²) in [6, 6.07) is 8.52. The molecule has 1 atom stereocenters. The first kappa shape index (κ1) is 24.4. The first-order valence-electron chi connectivity index (χ1n) is 11.2. The smallest absolute Gasteiger partial charge is 0.169 e. The fourth-order valence-corrected chi connectivity index (χ4v) is 4.20. The van der Waals surface area contributed by atoms with Crippen molar-refractivity contribution in [1.29, 1.82) is 0 Å². The quantitative estimate of drug-likeness (QED) is 0.361. The SMILES string of the molecule is CCCCCC(CC)NC(=S)N(CCCN1CCOCC1)Cc1ccccc1Cl. The highest BCUT2D eigenvalue weighted by Crippen LogP contribution is 2.18. The topological polar surface area (TPSA) is 27.7 Å². The van der Waals surface area contributed by atoms with Crippen LogP contribution in [-0.4, -0.2) is 60.3 Å². The van der Waals surface area contributed by atoms with E-state index in [4.69, 9.17) is 28.6 Å². The van der Waals surface area contributed by atoms with E-state index in [2.05, 4.69) is 35.0 Å². The van der Waals surface area contributed by atoms with Crippen LogP contribution in [0.1, 0.15) is 57.9 Å². The highest BCUT2D eigenvalue weighted by atomic mass is 35.5. The largest absolute Gasteiger partial charge is 0.379 e. The summed E-state index contributed by atoms with van der Waals surface area (Å²) in [6.45, 7) is 11.0. The Labute approximate surface area is 187 Å². The Kier molecular flexibility index (Phi) is 11.9. The van der Waals surface area contributed by atoms with Crippen LogP contribution in [0.2, 0.25) is 5.02 Å². The summed E-state index contributed by atoms with van der Waals surface area (Å²) >= 11 is 12.3. The zero-order chi connectivity index (χ0) is 20.9. The molecule has 1 saturated heterocycles. The molecule has 6 heteroatoms. The zero-order valence-electron chi connectivity index (χ0n) is 18.2. The van der Waals surface area contributed by atoms with Crippen LogP contribution < -0.4 is 5.32 Å². The lowest BCUT2D eigenvalue weighted by molar-refractivity contribution is 0.0367. The van der Waals surface area contributed by atoms with Crippen molar-refractivity contribution < 1.29 is 4.74 Å². The molecule has 0 bridgehead atoms. The third kappa shape index (κ3) is 9.20. The van der Waals surface area contributed by atoms with Gasteiger partial charge in [0.05, 0.1) is 13.2 Å². The van der Waals surface area contributed by atoms with E-state index in [-0.39, 0.29) is 0 Å². The minimum absolute atomic E-state index is 0.446. The molecule has 0 amide bonds. The summed E-state index contributed by atoms with van der Waals surface area (Å²) in [5, 5.41) is 5.30. The maximum Gasteiger partial charge on any atom is 0.169 e. The van der Waals surface area contributed by atoms with Crippen LogP contribution in [0.5, 0.6) is 0 Å². The normalized spacial score (nSPS) is 15.8. The first-order valence-corrected chi connectivity index (χ1v) is 12.0. The number of nitrogens with one attached hydrogen (secondary N) is 1. The Morgan fingerprint density at radius 2 is 1.97 bits per heavy atom. The lowest BCUT2D eigenvalue weighted by atomic mass is 10.1. The molecular formula is C23H38ClN3OS. The molecule has 1 aliphatic rings. The minimum Gasteiger partial charge on any atom is -0.379 e. The number of hydrogen-bond acceptors (Lipinski definition) is 3. The molecule has 0 aromatic heterocycles. The molecule has 1 aromatic carbocycles. The van der Waals surface area contributed by atoms with Crippen LogP contribution in [-0.2, 0) is 11.3 Å². The second-order valence-electron chi connectivity index (χ2n) is 7.87. The molecule has 0 aliphatic carbocycles. The number of nitrogens with zero attached hydrogens (tertiary/aromatic N) is 2. The maximum atomic E-state index is 6.43. The van der Waals surface area contributed by atoms with Crippen LogP contribution in [0.3, 0.4) is 0 Å². The molecule has 2 rings (SSSR count). The lowest BCUT2D eigenvalue weighted by Gasteiger charge is -2.31. The lowest BCUT2D eigenvalue weighted by Crippen LogP contribution is -2.45. The van der Waals surface area contributed by atoms with Gasteiger partial charge < -0.3 is 15.0 Å². The average Bonchev–Trinajstić information content (AvgIpc) is 2.74. The number of unbranched alkanes of at least 4 members (excludes halogenated alkanes) is 2. The number of rotatable bonds is 12. The van der Waals surface area contributed by atoms with E-state index >= 15 is 0 Å². The van der Waals surface area contributed by atoms with Crippen LogP contribution in [0.25, 0.3) is 0 Å². The van der Waals surface area contributed by atoms with Crippen molar-refractivity contribution in [2.75, 3.05) is 39.4 Å². The first-order chi connectivity index (χ1) is 14.1. The summed E-state index contributed by atoms with van der Waals surface area (Å²) in [4.78, 5) is 4.77. The van der Waals surface area contributed by atoms with Crippen LogP contribution in [0, 0.1) is 0 Å². The number of morpholine rings is 1. The van der Waals surface area contributed by atoms with Crippen LogP contribution in [0.15, 0.2) is 24.3 Å². The molecule has 1 aliphatic heterocycles. The summed E-state index contributed by atoms with van der Waals surface area (Å²) in [5.74, 6) is 0. The van der Waals surface area contributed by atoms with Gasteiger partial charge >= 0.3 is 0 Å². The fraction of sp³-hybridized carbons (Fsp3) is 0.696. The van der Waals surface area contributed by atoms with E-state index in [0.29, 0.717) is 6.04 Å². The molecule has 0 radical (unpaired) electrons. The Balaban J connectivity index is 1.94. The molecule has 29 heavy (non-hydrogen) atoms. The Morgan fingerprint density at radius 3 is 2.66 bits per heavy atom. The predicted octanol–water partition coefficient (Wildman–Crippen LogP) is 5.10. The standard InChI is InChI=1S/C23H38ClN3OS/c1-3-5-6-11-21(4-2)25-23(29)27(19-20-10-7-8-12-22(20)24)14-9-13-26-15-17-28-18-16-26/h7-8,10,12,21H,3-6,9,11,13-19H2,1-2H3,(H,25,29). The van der Waals surface area contributed by atoms with Crippen LogP contribution >= 0.6 is 23.8 Å².